The van der Waals surface area contributed by atoms with Crippen LogP contribution >= 0.6 is 0 Å². The average molecular weight is 113 g/mol. The van der Waals surface area contributed by atoms with Crippen LogP contribution in [-0.4, -0.2) is 12.7 Å². The zero-order valence-electron chi connectivity index (χ0n) is 5.00. The summed E-state index contributed by atoms with van der Waals surface area (Å²) in [5.74, 6) is 0. The predicted molar refractivity (Wildman–Crippen MR) is 33.1 cm³/mol. The lowest BCUT2D eigenvalue weighted by molar-refractivity contribution is 0.405. The molecular weight excluding hydrogens is 103 g/mol. The SMILES string of the molecule is CCC/C=C/O[B]O. The van der Waals surface area contributed by atoms with Crippen LogP contribution in [0.4, 0.5) is 0 Å². The van der Waals surface area contributed by atoms with E-state index in [0.29, 0.717) is 7.69 Å². The van der Waals surface area contributed by atoms with Gasteiger partial charge in [-0.15, -0.1) is 0 Å². The summed E-state index contributed by atoms with van der Waals surface area (Å²) in [4.78, 5) is 0. The lowest BCUT2D eigenvalue weighted by Gasteiger charge is -1.86. The van der Waals surface area contributed by atoms with Crippen LogP contribution in [0.25, 0.3) is 0 Å². The molecule has 0 saturated heterocycles. The summed E-state index contributed by atoms with van der Waals surface area (Å²) in [5, 5.41) is 7.97. The van der Waals surface area contributed by atoms with E-state index in [0.717, 1.165) is 12.8 Å². The summed E-state index contributed by atoms with van der Waals surface area (Å²) in [6.07, 6.45) is 5.41. The third kappa shape index (κ3) is 5.56. The van der Waals surface area contributed by atoms with Gasteiger partial charge in [0, 0.05) is 0 Å². The summed E-state index contributed by atoms with van der Waals surface area (Å²) in [6, 6.07) is 0. The molecule has 0 aliphatic heterocycles. The second-order valence-electron chi connectivity index (χ2n) is 1.40. The molecule has 1 N–H and O–H groups in total. The Labute approximate surface area is 50.5 Å². The highest BCUT2D eigenvalue weighted by molar-refractivity contribution is 6.16. The lowest BCUT2D eigenvalue weighted by atomic mass is 10.3. The molecule has 3 heteroatoms. The molecule has 0 aromatic heterocycles. The van der Waals surface area contributed by atoms with Gasteiger partial charge in [0.05, 0.1) is 6.26 Å². The maximum atomic E-state index is 7.97. The molecular formula is C5H10BO2. The van der Waals surface area contributed by atoms with Crippen molar-refractivity contribution in [2.24, 2.45) is 0 Å². The highest BCUT2D eigenvalue weighted by Crippen LogP contribution is 1.87. The van der Waals surface area contributed by atoms with Crippen molar-refractivity contribution in [3.05, 3.63) is 12.3 Å². The van der Waals surface area contributed by atoms with Gasteiger partial charge in [0.15, 0.2) is 0 Å². The Bertz CT molecular complexity index is 55.4. The largest absolute Gasteiger partial charge is 0.568 e. The molecule has 1 radical (unpaired) electrons. The number of unbranched alkanes of at least 4 members (excludes halogenated alkanes) is 1. The summed E-state index contributed by atoms with van der Waals surface area (Å²) in [7, 11) is 0.659. The van der Waals surface area contributed by atoms with E-state index in [2.05, 4.69) is 11.6 Å². The van der Waals surface area contributed by atoms with Crippen molar-refractivity contribution in [3.8, 4) is 0 Å². The van der Waals surface area contributed by atoms with Crippen molar-refractivity contribution in [2.75, 3.05) is 0 Å². The van der Waals surface area contributed by atoms with E-state index in [-0.39, 0.29) is 0 Å². The topological polar surface area (TPSA) is 29.5 Å². The molecule has 0 rings (SSSR count). The average Bonchev–Trinajstić information content (AvgIpc) is 1.81. The highest BCUT2D eigenvalue weighted by Gasteiger charge is 1.76. The van der Waals surface area contributed by atoms with Crippen LogP contribution in [0.15, 0.2) is 12.3 Å². The fourth-order valence-corrected chi connectivity index (χ4v) is 0.325. The second-order valence-corrected chi connectivity index (χ2v) is 1.40. The Kier molecular flexibility index (Phi) is 6.21. The zero-order chi connectivity index (χ0) is 6.24. The van der Waals surface area contributed by atoms with Crippen molar-refractivity contribution >= 4 is 7.69 Å². The molecule has 0 heterocycles. The van der Waals surface area contributed by atoms with Gasteiger partial charge in [0.1, 0.15) is 0 Å². The molecule has 0 aliphatic carbocycles. The molecule has 0 unspecified atom stereocenters. The monoisotopic (exact) mass is 113 g/mol. The molecule has 0 atom stereocenters. The van der Waals surface area contributed by atoms with E-state index >= 15 is 0 Å². The molecule has 2 nitrogen and oxygen atoms in total. The second kappa shape index (κ2) is 6.56. The van der Waals surface area contributed by atoms with E-state index in [9.17, 15) is 0 Å². The first kappa shape index (κ1) is 7.56. The first-order chi connectivity index (χ1) is 3.91. The van der Waals surface area contributed by atoms with Crippen molar-refractivity contribution in [1.82, 2.24) is 0 Å². The summed E-state index contributed by atoms with van der Waals surface area (Å²) >= 11 is 0. The first-order valence-corrected chi connectivity index (χ1v) is 2.68. The van der Waals surface area contributed by atoms with E-state index in [1.165, 1.54) is 6.26 Å². The Balaban J connectivity index is 2.83. The first-order valence-electron chi connectivity index (χ1n) is 2.68. The fraction of sp³-hybridized carbons (Fsp3) is 0.600. The lowest BCUT2D eigenvalue weighted by Crippen LogP contribution is -1.86. The third-order valence-electron chi connectivity index (χ3n) is 0.691. The smallest absolute Gasteiger partial charge is 0.544 e. The maximum absolute atomic E-state index is 7.97. The Morgan fingerprint density at radius 2 is 2.50 bits per heavy atom. The highest BCUT2D eigenvalue weighted by atomic mass is 16.5. The van der Waals surface area contributed by atoms with Crippen LogP contribution in [0.1, 0.15) is 19.8 Å². The minimum absolute atomic E-state index is 0.659. The van der Waals surface area contributed by atoms with Gasteiger partial charge in [-0.1, -0.05) is 19.4 Å². The van der Waals surface area contributed by atoms with Crippen LogP contribution in [0, 0.1) is 0 Å². The molecule has 0 bridgehead atoms. The molecule has 0 spiro atoms. The Hall–Kier alpha value is -0.435. The molecule has 8 heavy (non-hydrogen) atoms. The van der Waals surface area contributed by atoms with E-state index in [1.54, 1.807) is 0 Å². The molecule has 0 fully saturated rings. The molecule has 45 valence electrons. The van der Waals surface area contributed by atoms with Crippen LogP contribution in [0.3, 0.4) is 0 Å². The van der Waals surface area contributed by atoms with Crippen molar-refractivity contribution in [3.63, 3.8) is 0 Å². The minimum atomic E-state index is 0.659. The van der Waals surface area contributed by atoms with E-state index < -0.39 is 0 Å². The molecule has 0 aliphatic rings. The summed E-state index contributed by atoms with van der Waals surface area (Å²) in [5.41, 5.74) is 0. The normalized spacial score (nSPS) is 9.75. The van der Waals surface area contributed by atoms with Gasteiger partial charge in [-0.05, 0) is 6.42 Å². The van der Waals surface area contributed by atoms with Crippen molar-refractivity contribution in [1.29, 1.82) is 0 Å². The number of allylic oxidation sites excluding steroid dienone is 1. The van der Waals surface area contributed by atoms with Gasteiger partial charge in [-0.2, -0.15) is 0 Å². The minimum Gasteiger partial charge on any atom is -0.544 e. The number of hydrogen-bond donors (Lipinski definition) is 1. The Morgan fingerprint density at radius 1 is 1.75 bits per heavy atom. The fourth-order valence-electron chi connectivity index (χ4n) is 0.325. The molecule has 0 amide bonds. The maximum Gasteiger partial charge on any atom is 0.568 e. The Morgan fingerprint density at radius 3 is 3.00 bits per heavy atom. The quantitative estimate of drug-likeness (QED) is 0.432. The van der Waals surface area contributed by atoms with Crippen LogP contribution < -0.4 is 0 Å². The standard InChI is InChI=1S/C5H10BO2/c1-2-3-4-5-8-6-7/h4-5,7H,2-3H2,1H3/b5-4+. The van der Waals surface area contributed by atoms with Gasteiger partial charge >= 0.3 is 7.69 Å². The van der Waals surface area contributed by atoms with Crippen LogP contribution in [0.5, 0.6) is 0 Å². The van der Waals surface area contributed by atoms with Gasteiger partial charge in [-0.25, -0.2) is 0 Å². The molecule has 0 saturated carbocycles. The van der Waals surface area contributed by atoms with Crippen LogP contribution in [0.2, 0.25) is 0 Å². The zero-order valence-corrected chi connectivity index (χ0v) is 5.00. The van der Waals surface area contributed by atoms with Gasteiger partial charge < -0.3 is 9.68 Å². The predicted octanol–water partition coefficient (Wildman–Crippen LogP) is 0.843. The number of hydrogen-bond acceptors (Lipinski definition) is 2. The van der Waals surface area contributed by atoms with Gasteiger partial charge in [0.2, 0.25) is 0 Å². The molecule has 0 aromatic carbocycles. The van der Waals surface area contributed by atoms with E-state index in [4.69, 9.17) is 5.02 Å². The molecule has 0 aromatic rings. The van der Waals surface area contributed by atoms with Crippen LogP contribution in [-0.2, 0) is 4.65 Å². The summed E-state index contributed by atoms with van der Waals surface area (Å²) < 4.78 is 4.39. The van der Waals surface area contributed by atoms with Crippen molar-refractivity contribution in [2.45, 2.75) is 19.8 Å². The third-order valence-corrected chi connectivity index (χ3v) is 0.691. The number of rotatable bonds is 4. The summed E-state index contributed by atoms with van der Waals surface area (Å²) in [6.45, 7) is 2.08. The van der Waals surface area contributed by atoms with Gasteiger partial charge in [-0.3, -0.25) is 0 Å². The van der Waals surface area contributed by atoms with Gasteiger partial charge in [0.25, 0.3) is 0 Å². The van der Waals surface area contributed by atoms with Crippen molar-refractivity contribution < 1.29 is 9.68 Å². The van der Waals surface area contributed by atoms with E-state index in [1.807, 2.05) is 6.08 Å².